The molecule has 1 unspecified atom stereocenters. The van der Waals surface area contributed by atoms with Gasteiger partial charge < -0.3 is 9.47 Å². The van der Waals surface area contributed by atoms with Gasteiger partial charge in [0.1, 0.15) is 5.72 Å². The minimum Gasteiger partial charge on any atom is -0.351 e. The Kier molecular flexibility index (Phi) is 6.81. The summed E-state index contributed by atoms with van der Waals surface area (Å²) >= 11 is -0.299. The highest BCUT2D eigenvalue weighted by atomic mass is 127. The molecule has 1 aliphatic carbocycles. The van der Waals surface area contributed by atoms with E-state index < -0.39 is 50.0 Å². The Morgan fingerprint density at radius 1 is 1.07 bits per heavy atom. The predicted molar refractivity (Wildman–Crippen MR) is 88.2 cm³/mol. The molecule has 2 aliphatic rings. The van der Waals surface area contributed by atoms with Gasteiger partial charge in [0.05, 0.1) is 6.54 Å². The lowest BCUT2D eigenvalue weighted by Crippen LogP contribution is -2.60. The number of halogens is 9. The zero-order valence-electron chi connectivity index (χ0n) is 14.6. The molecule has 0 radical (unpaired) electrons. The van der Waals surface area contributed by atoms with Gasteiger partial charge in [-0.1, -0.05) is 0 Å². The molecule has 0 aromatic carbocycles. The maximum atomic E-state index is 14.3. The number of sulfonamides is 1. The highest BCUT2D eigenvalue weighted by Gasteiger charge is 2.76. The van der Waals surface area contributed by atoms with Crippen molar-refractivity contribution in [3.8, 4) is 0 Å². The van der Waals surface area contributed by atoms with Crippen LogP contribution in [0.3, 0.4) is 0 Å². The summed E-state index contributed by atoms with van der Waals surface area (Å²) in [5, 5.41) is -6.31. The van der Waals surface area contributed by atoms with Gasteiger partial charge in [0.2, 0.25) is 0 Å². The second-order valence-corrected chi connectivity index (χ2v) is 9.60. The molecule has 29 heavy (non-hydrogen) atoms. The zero-order chi connectivity index (χ0) is 22.5. The Morgan fingerprint density at radius 2 is 1.59 bits per heavy atom. The molecule has 1 heterocycles. The molecule has 1 atom stereocenters. The minimum atomic E-state index is -6.49. The molecule has 172 valence electrons. The number of hydrogen-bond donors (Lipinski definition) is 0. The van der Waals surface area contributed by atoms with Gasteiger partial charge in [0, 0.05) is 29.2 Å². The van der Waals surface area contributed by atoms with Crippen molar-refractivity contribution in [3.63, 3.8) is 0 Å². The third-order valence-corrected chi connectivity index (χ3v) is 6.97. The predicted octanol–water partition coefficient (Wildman–Crippen LogP) is 4.10. The van der Waals surface area contributed by atoms with Gasteiger partial charge in [0.25, 0.3) is 10.0 Å². The van der Waals surface area contributed by atoms with Crippen LogP contribution in [0.15, 0.2) is 0 Å². The monoisotopic (exact) mass is 577 g/mol. The van der Waals surface area contributed by atoms with E-state index in [4.69, 9.17) is 9.47 Å². The zero-order valence-corrected chi connectivity index (χ0v) is 17.6. The minimum absolute atomic E-state index is 0.0265. The lowest BCUT2D eigenvalue weighted by molar-refractivity contribution is -0.438. The fraction of sp³-hybridized carbons (Fsp3) is 1.00. The van der Waals surface area contributed by atoms with E-state index in [0.717, 1.165) is 0 Å². The van der Waals surface area contributed by atoms with Crippen molar-refractivity contribution in [1.29, 1.82) is 0 Å². The van der Waals surface area contributed by atoms with Gasteiger partial charge in [-0.05, 0) is 32.6 Å². The van der Waals surface area contributed by atoms with Crippen LogP contribution in [0.25, 0.3) is 0 Å². The molecule has 0 bridgehead atoms. The quantitative estimate of drug-likeness (QED) is 0.247. The Labute approximate surface area is 174 Å². The van der Waals surface area contributed by atoms with Crippen molar-refractivity contribution in [2.45, 2.75) is 66.0 Å². The molecule has 0 aromatic rings. The fourth-order valence-electron chi connectivity index (χ4n) is 3.09. The van der Waals surface area contributed by atoms with Crippen molar-refractivity contribution in [2.24, 2.45) is 0 Å². The topological polar surface area (TPSA) is 65.1 Å². The number of hydrogen-bond acceptors (Lipinski definition) is 5. The van der Waals surface area contributed by atoms with Crippen LogP contribution in [-0.2, 0) is 24.2 Å². The van der Waals surface area contributed by atoms with Gasteiger partial charge in [-0.2, -0.15) is 39.4 Å². The maximum Gasteiger partial charge on any atom is 0.449 e. The normalized spacial score (nSPS) is 24.6. The second-order valence-electron chi connectivity index (χ2n) is 6.34. The van der Waals surface area contributed by atoms with E-state index in [2.05, 4.69) is 4.74 Å². The van der Waals surface area contributed by atoms with E-state index >= 15 is 0 Å². The van der Waals surface area contributed by atoms with E-state index in [-0.39, 0.29) is 46.3 Å². The third-order valence-electron chi connectivity index (χ3n) is 4.40. The SMILES string of the molecule is CCOC1CN(S(=O)(=O)C(F)(F)C(F)(F)OC(F)(F)C(F)(F)I)C2(CCCC2)O1. The smallest absolute Gasteiger partial charge is 0.351 e. The Hall–Kier alpha value is -0.0400. The molecule has 1 saturated heterocycles. The lowest BCUT2D eigenvalue weighted by Gasteiger charge is -2.37. The lowest BCUT2D eigenvalue weighted by atomic mass is 10.2. The summed E-state index contributed by atoms with van der Waals surface area (Å²) in [5.41, 5.74) is -1.94. The number of alkyl halides is 9. The van der Waals surface area contributed by atoms with Crippen molar-refractivity contribution < 1.29 is 57.8 Å². The first-order valence-electron chi connectivity index (χ1n) is 8.16. The fourth-order valence-corrected chi connectivity index (χ4v) is 4.80. The van der Waals surface area contributed by atoms with Crippen LogP contribution in [0.5, 0.6) is 0 Å². The summed E-state index contributed by atoms with van der Waals surface area (Å²) in [6.45, 7) is 0.534. The van der Waals surface area contributed by atoms with Crippen molar-refractivity contribution in [3.05, 3.63) is 0 Å². The van der Waals surface area contributed by atoms with Crippen LogP contribution < -0.4 is 0 Å². The first kappa shape index (κ1) is 25.2. The highest BCUT2D eigenvalue weighted by molar-refractivity contribution is 14.1. The average Bonchev–Trinajstić information content (AvgIpc) is 3.13. The van der Waals surface area contributed by atoms with Gasteiger partial charge in [-0.15, -0.1) is 0 Å². The molecular formula is C13H16F8INO5S. The van der Waals surface area contributed by atoms with E-state index in [9.17, 15) is 43.5 Å². The molecule has 2 fully saturated rings. The van der Waals surface area contributed by atoms with E-state index in [1.54, 1.807) is 0 Å². The van der Waals surface area contributed by atoms with Crippen LogP contribution in [0.2, 0.25) is 0 Å². The molecule has 0 aromatic heterocycles. The van der Waals surface area contributed by atoms with Crippen LogP contribution in [-0.4, -0.2) is 59.3 Å². The summed E-state index contributed by atoms with van der Waals surface area (Å²) < 4.78 is 140. The molecule has 1 saturated carbocycles. The Morgan fingerprint density at radius 3 is 2.03 bits per heavy atom. The molecular weight excluding hydrogens is 561 g/mol. The Balaban J connectivity index is 2.41. The molecule has 0 amide bonds. The van der Waals surface area contributed by atoms with Crippen LogP contribution >= 0.6 is 22.6 Å². The average molecular weight is 577 g/mol. The molecule has 1 spiro atoms. The summed E-state index contributed by atoms with van der Waals surface area (Å²) in [6.07, 6.45) is -13.6. The summed E-state index contributed by atoms with van der Waals surface area (Å²) in [6, 6.07) is 0. The third kappa shape index (κ3) is 4.33. The maximum absolute atomic E-state index is 14.3. The van der Waals surface area contributed by atoms with Gasteiger partial charge >= 0.3 is 21.4 Å². The van der Waals surface area contributed by atoms with Crippen molar-refractivity contribution in [2.75, 3.05) is 13.2 Å². The summed E-state index contributed by atoms with van der Waals surface area (Å²) in [7, 11) is -6.42. The van der Waals surface area contributed by atoms with E-state index in [0.29, 0.717) is 12.8 Å². The first-order chi connectivity index (χ1) is 12.9. The number of nitrogens with zero attached hydrogens (tertiary/aromatic N) is 1. The van der Waals surface area contributed by atoms with Crippen LogP contribution in [0, 0.1) is 0 Å². The van der Waals surface area contributed by atoms with Crippen molar-refractivity contribution >= 4 is 32.6 Å². The number of rotatable bonds is 8. The second kappa shape index (κ2) is 7.83. The molecule has 1 aliphatic heterocycles. The largest absolute Gasteiger partial charge is 0.449 e. The highest BCUT2D eigenvalue weighted by Crippen LogP contribution is 2.52. The van der Waals surface area contributed by atoms with E-state index in [1.165, 1.54) is 6.92 Å². The van der Waals surface area contributed by atoms with Gasteiger partial charge in [0.15, 0.2) is 6.29 Å². The van der Waals surface area contributed by atoms with Gasteiger partial charge in [-0.25, -0.2) is 13.2 Å². The standard InChI is InChI=1S/C13H16F8INO5S/c1-2-26-8-7-23(9(27-8)5-3-4-6-9)29(24,25)13(20,21)12(18,19)28-11(16,17)10(14,15)22/h8H,2-7H2,1H3. The van der Waals surface area contributed by atoms with E-state index in [1.807, 2.05) is 0 Å². The summed E-state index contributed by atoms with van der Waals surface area (Å²) in [4.78, 5) is 0. The summed E-state index contributed by atoms with van der Waals surface area (Å²) in [5.74, 6) is 0. The van der Waals surface area contributed by atoms with Crippen LogP contribution in [0.4, 0.5) is 35.1 Å². The van der Waals surface area contributed by atoms with Gasteiger partial charge in [-0.3, -0.25) is 0 Å². The first-order valence-corrected chi connectivity index (χ1v) is 10.7. The Bertz CT molecular complexity index is 710. The number of ether oxygens (including phenoxy) is 3. The van der Waals surface area contributed by atoms with Crippen LogP contribution in [0.1, 0.15) is 32.6 Å². The molecule has 16 heteroatoms. The van der Waals surface area contributed by atoms with Crippen molar-refractivity contribution in [1.82, 2.24) is 4.31 Å². The molecule has 2 rings (SSSR count). The molecule has 6 nitrogen and oxygen atoms in total. The molecule has 0 N–H and O–H groups in total.